The highest BCUT2D eigenvalue weighted by molar-refractivity contribution is 5.93. The first-order valence-electron chi connectivity index (χ1n) is 10.3. The Kier molecular flexibility index (Phi) is 7.44. The van der Waals surface area contributed by atoms with E-state index in [4.69, 9.17) is 15.9 Å². The van der Waals surface area contributed by atoms with Gasteiger partial charge in [-0.2, -0.15) is 0 Å². The van der Waals surface area contributed by atoms with E-state index in [-0.39, 0.29) is 5.91 Å². The largest absolute Gasteiger partial charge is 0.480 e. The zero-order valence-corrected chi connectivity index (χ0v) is 17.4. The van der Waals surface area contributed by atoms with Gasteiger partial charge in [0, 0.05) is 23.6 Å². The lowest BCUT2D eigenvalue weighted by atomic mass is 10.0. The normalized spacial score (nSPS) is 17.7. The van der Waals surface area contributed by atoms with Gasteiger partial charge in [0.15, 0.2) is 0 Å². The minimum absolute atomic E-state index is 0.313. The monoisotopic (exact) mass is 445 g/mol. The molecule has 3 rings (SSSR count). The van der Waals surface area contributed by atoms with Crippen LogP contribution in [-0.4, -0.2) is 81.6 Å². The summed E-state index contributed by atoms with van der Waals surface area (Å²) < 4.78 is 0. The van der Waals surface area contributed by atoms with Gasteiger partial charge in [0.05, 0.1) is 19.2 Å². The minimum Gasteiger partial charge on any atom is -0.480 e. The summed E-state index contributed by atoms with van der Waals surface area (Å²) in [6.45, 7) is -0.854. The van der Waals surface area contributed by atoms with Gasteiger partial charge in [-0.1, -0.05) is 18.2 Å². The average molecular weight is 445 g/mol. The molecule has 1 aromatic carbocycles. The highest BCUT2D eigenvalue weighted by atomic mass is 16.4. The molecule has 11 nitrogen and oxygen atoms in total. The van der Waals surface area contributed by atoms with Crippen LogP contribution in [0.15, 0.2) is 30.5 Å². The lowest BCUT2D eigenvalue weighted by Crippen LogP contribution is -2.53. The molecule has 3 atom stereocenters. The van der Waals surface area contributed by atoms with Crippen LogP contribution in [0.25, 0.3) is 10.9 Å². The van der Waals surface area contributed by atoms with Gasteiger partial charge in [-0.05, 0) is 30.9 Å². The van der Waals surface area contributed by atoms with Crippen molar-refractivity contribution in [3.63, 3.8) is 0 Å². The van der Waals surface area contributed by atoms with Gasteiger partial charge in [-0.25, -0.2) is 4.79 Å². The second-order valence-electron chi connectivity index (χ2n) is 7.72. The standard InChI is InChI=1S/C21H27N5O6/c22-14(8-12-9-23-15-5-2-1-4-13(12)15)20(30)26-7-3-6-17(26)19(29)24-10-18(28)25-16(11-27)21(31)32/h1-2,4-5,9,14,16-17,23,27H,3,6-8,10-11,22H2,(H,24,29)(H,25,28)(H,31,32). The molecule has 0 radical (unpaired) electrons. The topological polar surface area (TPSA) is 178 Å². The highest BCUT2D eigenvalue weighted by Gasteiger charge is 2.36. The van der Waals surface area contributed by atoms with E-state index in [1.54, 1.807) is 0 Å². The fourth-order valence-corrected chi connectivity index (χ4v) is 3.86. The van der Waals surface area contributed by atoms with Crippen molar-refractivity contribution in [1.82, 2.24) is 20.5 Å². The van der Waals surface area contributed by atoms with Crippen molar-refractivity contribution in [3.8, 4) is 0 Å². The Morgan fingerprint density at radius 2 is 2.00 bits per heavy atom. The molecule has 1 aliphatic heterocycles. The number of aliphatic carboxylic acids is 1. The van der Waals surface area contributed by atoms with Crippen molar-refractivity contribution in [1.29, 1.82) is 0 Å². The Morgan fingerprint density at radius 1 is 1.25 bits per heavy atom. The zero-order chi connectivity index (χ0) is 23.3. The van der Waals surface area contributed by atoms with Gasteiger partial charge < -0.3 is 36.5 Å². The number of aliphatic hydroxyl groups excluding tert-OH is 1. The van der Waals surface area contributed by atoms with E-state index in [2.05, 4.69) is 15.6 Å². The molecule has 0 spiro atoms. The number of nitrogens with one attached hydrogen (secondary N) is 3. The van der Waals surface area contributed by atoms with Crippen molar-refractivity contribution in [3.05, 3.63) is 36.0 Å². The number of aromatic amines is 1. The molecule has 2 aromatic rings. The van der Waals surface area contributed by atoms with Crippen LogP contribution in [0.3, 0.4) is 0 Å². The van der Waals surface area contributed by atoms with Crippen LogP contribution in [0.1, 0.15) is 18.4 Å². The molecule has 0 bridgehead atoms. The summed E-state index contributed by atoms with van der Waals surface area (Å²) in [5.74, 6) is -3.00. The van der Waals surface area contributed by atoms with Crippen LogP contribution in [0.4, 0.5) is 0 Å². The number of para-hydroxylation sites is 1. The fourth-order valence-electron chi connectivity index (χ4n) is 3.86. The molecule has 1 saturated heterocycles. The number of hydrogen-bond donors (Lipinski definition) is 6. The lowest BCUT2D eigenvalue weighted by Gasteiger charge is -2.26. The SMILES string of the molecule is NC(Cc1c[nH]c2ccccc12)C(=O)N1CCCC1C(=O)NCC(=O)NC(CO)C(=O)O. The molecule has 3 amide bonds. The third kappa shape index (κ3) is 5.24. The third-order valence-electron chi connectivity index (χ3n) is 5.51. The van der Waals surface area contributed by atoms with Crippen LogP contribution < -0.4 is 16.4 Å². The van der Waals surface area contributed by atoms with Crippen LogP contribution in [0, 0.1) is 0 Å². The number of carboxylic acid groups (broad SMARTS) is 1. The van der Waals surface area contributed by atoms with Crippen molar-refractivity contribution >= 4 is 34.6 Å². The Hall–Kier alpha value is -3.44. The van der Waals surface area contributed by atoms with Gasteiger partial charge in [0.1, 0.15) is 12.1 Å². The zero-order valence-electron chi connectivity index (χ0n) is 17.4. The number of amides is 3. The molecule has 1 aromatic heterocycles. The van der Waals surface area contributed by atoms with Gasteiger partial charge in [-0.3, -0.25) is 14.4 Å². The number of carboxylic acids is 1. The van der Waals surface area contributed by atoms with Crippen LogP contribution in [0.2, 0.25) is 0 Å². The summed E-state index contributed by atoms with van der Waals surface area (Å²) in [6.07, 6.45) is 3.20. The Balaban J connectivity index is 1.56. The fraction of sp³-hybridized carbons (Fsp3) is 0.429. The van der Waals surface area contributed by atoms with Crippen molar-refractivity contribution < 1.29 is 29.4 Å². The molecule has 7 N–H and O–H groups in total. The molecule has 11 heteroatoms. The van der Waals surface area contributed by atoms with E-state index >= 15 is 0 Å². The quantitative estimate of drug-likeness (QED) is 0.278. The molecule has 2 heterocycles. The smallest absolute Gasteiger partial charge is 0.328 e. The van der Waals surface area contributed by atoms with Gasteiger partial charge in [0.2, 0.25) is 17.7 Å². The summed E-state index contributed by atoms with van der Waals surface area (Å²) in [7, 11) is 0. The maximum absolute atomic E-state index is 13.0. The summed E-state index contributed by atoms with van der Waals surface area (Å²) in [5.41, 5.74) is 8.04. The van der Waals surface area contributed by atoms with Crippen molar-refractivity contribution in [2.75, 3.05) is 19.7 Å². The predicted octanol–water partition coefficient (Wildman–Crippen LogP) is -1.29. The molecule has 32 heavy (non-hydrogen) atoms. The van der Waals surface area contributed by atoms with Crippen LogP contribution >= 0.6 is 0 Å². The second-order valence-corrected chi connectivity index (χ2v) is 7.72. The van der Waals surface area contributed by atoms with Gasteiger partial charge in [-0.15, -0.1) is 0 Å². The number of aliphatic hydroxyl groups is 1. The average Bonchev–Trinajstić information content (AvgIpc) is 3.42. The summed E-state index contributed by atoms with van der Waals surface area (Å²) in [4.78, 5) is 52.8. The summed E-state index contributed by atoms with van der Waals surface area (Å²) >= 11 is 0. The first-order valence-corrected chi connectivity index (χ1v) is 10.3. The highest BCUT2D eigenvalue weighted by Crippen LogP contribution is 2.22. The maximum Gasteiger partial charge on any atom is 0.328 e. The van der Waals surface area contributed by atoms with E-state index in [1.165, 1.54) is 4.90 Å². The maximum atomic E-state index is 13.0. The minimum atomic E-state index is -1.45. The second kappa shape index (κ2) is 10.2. The number of rotatable bonds is 9. The predicted molar refractivity (Wildman–Crippen MR) is 114 cm³/mol. The van der Waals surface area contributed by atoms with E-state index in [9.17, 15) is 19.2 Å². The lowest BCUT2D eigenvalue weighted by molar-refractivity contribution is -0.143. The number of carbonyl (C=O) groups excluding carboxylic acids is 3. The Bertz CT molecular complexity index is 1010. The number of fused-ring (bicyclic) bond motifs is 1. The van der Waals surface area contributed by atoms with E-state index in [0.717, 1.165) is 16.5 Å². The summed E-state index contributed by atoms with van der Waals surface area (Å²) in [6, 6.07) is 4.66. The van der Waals surface area contributed by atoms with Crippen molar-refractivity contribution in [2.45, 2.75) is 37.4 Å². The first-order chi connectivity index (χ1) is 15.3. The van der Waals surface area contributed by atoms with E-state index in [0.29, 0.717) is 25.8 Å². The van der Waals surface area contributed by atoms with E-state index in [1.807, 2.05) is 30.5 Å². The Labute approximate surface area is 183 Å². The number of carbonyl (C=O) groups is 4. The van der Waals surface area contributed by atoms with Gasteiger partial charge in [0.25, 0.3) is 0 Å². The number of hydrogen-bond acceptors (Lipinski definition) is 6. The Morgan fingerprint density at radius 3 is 2.72 bits per heavy atom. The molecule has 3 unspecified atom stereocenters. The molecule has 172 valence electrons. The molecular formula is C21H27N5O6. The number of H-pyrrole nitrogens is 1. The molecule has 1 aliphatic rings. The van der Waals surface area contributed by atoms with Crippen LogP contribution in [-0.2, 0) is 25.6 Å². The number of nitrogens with zero attached hydrogens (tertiary/aromatic N) is 1. The van der Waals surface area contributed by atoms with Crippen molar-refractivity contribution in [2.24, 2.45) is 5.73 Å². The first kappa shape index (κ1) is 23.2. The number of aromatic nitrogens is 1. The number of likely N-dealkylation sites (tertiary alicyclic amines) is 1. The third-order valence-corrected chi connectivity index (χ3v) is 5.51. The number of nitrogens with two attached hydrogens (primary N) is 1. The molecular weight excluding hydrogens is 418 g/mol. The summed E-state index contributed by atoms with van der Waals surface area (Å²) in [5, 5.41) is 23.3. The molecule has 1 fully saturated rings. The number of benzene rings is 1. The molecule has 0 aliphatic carbocycles. The molecule has 0 saturated carbocycles. The van der Waals surface area contributed by atoms with Gasteiger partial charge >= 0.3 is 5.97 Å². The van der Waals surface area contributed by atoms with E-state index < -0.39 is 49.1 Å². The van der Waals surface area contributed by atoms with Crippen LogP contribution in [0.5, 0.6) is 0 Å².